The van der Waals surface area contributed by atoms with Gasteiger partial charge in [0.1, 0.15) is 0 Å². The molecule has 0 spiro atoms. The Bertz CT molecular complexity index is 814. The van der Waals surface area contributed by atoms with Crippen LogP contribution in [-0.4, -0.2) is 0 Å². The Morgan fingerprint density at radius 1 is 0.680 bits per heavy atom. The molecule has 0 heterocycles. The molecule has 0 atom stereocenters. The molecular weight excluding hydrogens is 300 g/mol. The number of rotatable bonds is 6. The van der Waals surface area contributed by atoms with Crippen LogP contribution in [0.4, 0.5) is 0 Å². The van der Waals surface area contributed by atoms with Crippen LogP contribution < -0.4 is 0 Å². The van der Waals surface area contributed by atoms with Crippen molar-refractivity contribution in [2.45, 2.75) is 46.5 Å². The van der Waals surface area contributed by atoms with Crippen LogP contribution in [-0.2, 0) is 12.8 Å². The number of hydrogen-bond acceptors (Lipinski definition) is 0. The van der Waals surface area contributed by atoms with Gasteiger partial charge in [-0.1, -0.05) is 87.0 Å². The predicted molar refractivity (Wildman–Crippen MR) is 110 cm³/mol. The first-order valence-corrected chi connectivity index (χ1v) is 9.52. The van der Waals surface area contributed by atoms with E-state index in [1.54, 1.807) is 0 Å². The van der Waals surface area contributed by atoms with Crippen molar-refractivity contribution >= 4 is 0 Å². The molecule has 0 aliphatic rings. The van der Waals surface area contributed by atoms with E-state index in [1.807, 2.05) is 0 Å². The summed E-state index contributed by atoms with van der Waals surface area (Å²) in [6.07, 6.45) is 4.72. The number of benzene rings is 3. The minimum atomic E-state index is 1.06. The second-order valence-electron chi connectivity index (χ2n) is 6.76. The standard InChI is InChI=1S/C25H28/c1-4-6-13-23-18-20(5-2)25(22-16-11-8-12-17-22)24(19(23)3)21-14-9-7-10-15-21/h7-12,14-18H,4-6,13H2,1-3H3. The highest BCUT2D eigenvalue weighted by Crippen LogP contribution is 2.39. The lowest BCUT2D eigenvalue weighted by Gasteiger charge is -2.21. The number of unbranched alkanes of at least 4 members (excludes halogenated alkanes) is 1. The molecule has 0 saturated heterocycles. The van der Waals surface area contributed by atoms with Gasteiger partial charge in [-0.05, 0) is 65.1 Å². The summed E-state index contributed by atoms with van der Waals surface area (Å²) in [5, 5.41) is 0. The Hall–Kier alpha value is -2.34. The third kappa shape index (κ3) is 3.69. The van der Waals surface area contributed by atoms with Gasteiger partial charge in [0.25, 0.3) is 0 Å². The summed E-state index contributed by atoms with van der Waals surface area (Å²) in [5.74, 6) is 0. The van der Waals surface area contributed by atoms with Crippen molar-refractivity contribution in [2.24, 2.45) is 0 Å². The first-order valence-electron chi connectivity index (χ1n) is 9.52. The summed E-state index contributed by atoms with van der Waals surface area (Å²) in [7, 11) is 0. The summed E-state index contributed by atoms with van der Waals surface area (Å²) >= 11 is 0. The lowest BCUT2D eigenvalue weighted by atomic mass is 9.83. The van der Waals surface area contributed by atoms with E-state index in [9.17, 15) is 0 Å². The number of hydrogen-bond donors (Lipinski definition) is 0. The Morgan fingerprint density at radius 2 is 1.24 bits per heavy atom. The molecule has 3 aromatic carbocycles. The van der Waals surface area contributed by atoms with Crippen LogP contribution in [0.5, 0.6) is 0 Å². The molecule has 0 bridgehead atoms. The van der Waals surface area contributed by atoms with Gasteiger partial charge in [-0.15, -0.1) is 0 Å². The quantitative estimate of drug-likeness (QED) is 0.447. The molecule has 0 nitrogen and oxygen atoms in total. The second-order valence-corrected chi connectivity index (χ2v) is 6.76. The van der Waals surface area contributed by atoms with E-state index < -0.39 is 0 Å². The third-order valence-corrected chi connectivity index (χ3v) is 5.08. The summed E-state index contributed by atoms with van der Waals surface area (Å²) in [4.78, 5) is 0. The highest BCUT2D eigenvalue weighted by molar-refractivity contribution is 5.88. The second kappa shape index (κ2) is 8.16. The molecule has 3 aromatic rings. The Morgan fingerprint density at radius 3 is 1.76 bits per heavy atom. The maximum Gasteiger partial charge on any atom is -0.00705 e. The summed E-state index contributed by atoms with van der Waals surface area (Å²) in [6.45, 7) is 6.85. The van der Waals surface area contributed by atoms with E-state index in [1.165, 1.54) is 58.2 Å². The van der Waals surface area contributed by atoms with Gasteiger partial charge in [-0.25, -0.2) is 0 Å². The fraction of sp³-hybridized carbons (Fsp3) is 0.280. The minimum absolute atomic E-state index is 1.06. The molecule has 25 heavy (non-hydrogen) atoms. The Kier molecular flexibility index (Phi) is 5.71. The van der Waals surface area contributed by atoms with E-state index in [-0.39, 0.29) is 0 Å². The van der Waals surface area contributed by atoms with Crippen LogP contribution in [0.2, 0.25) is 0 Å². The maximum atomic E-state index is 2.46. The Balaban J connectivity index is 2.30. The molecule has 0 aromatic heterocycles. The van der Waals surface area contributed by atoms with Crippen LogP contribution in [0.3, 0.4) is 0 Å². The topological polar surface area (TPSA) is 0 Å². The van der Waals surface area contributed by atoms with Gasteiger partial charge in [-0.2, -0.15) is 0 Å². The van der Waals surface area contributed by atoms with E-state index in [2.05, 4.69) is 87.5 Å². The Labute approximate surface area is 152 Å². The zero-order chi connectivity index (χ0) is 17.6. The van der Waals surface area contributed by atoms with Gasteiger partial charge >= 0.3 is 0 Å². The molecule has 128 valence electrons. The minimum Gasteiger partial charge on any atom is -0.0654 e. The van der Waals surface area contributed by atoms with E-state index >= 15 is 0 Å². The van der Waals surface area contributed by atoms with Crippen LogP contribution in [0.15, 0.2) is 66.7 Å². The highest BCUT2D eigenvalue weighted by Gasteiger charge is 2.17. The average molecular weight is 328 g/mol. The molecule has 0 fully saturated rings. The van der Waals surface area contributed by atoms with Gasteiger partial charge < -0.3 is 0 Å². The average Bonchev–Trinajstić information content (AvgIpc) is 2.68. The molecule has 0 amide bonds. The monoisotopic (exact) mass is 328 g/mol. The fourth-order valence-electron chi connectivity index (χ4n) is 3.71. The summed E-state index contributed by atoms with van der Waals surface area (Å²) in [6, 6.07) is 24.2. The molecule has 0 heteroatoms. The van der Waals surface area contributed by atoms with E-state index in [4.69, 9.17) is 0 Å². The van der Waals surface area contributed by atoms with Crippen molar-refractivity contribution in [1.29, 1.82) is 0 Å². The third-order valence-electron chi connectivity index (χ3n) is 5.08. The lowest BCUT2D eigenvalue weighted by molar-refractivity contribution is 0.790. The fourth-order valence-corrected chi connectivity index (χ4v) is 3.71. The van der Waals surface area contributed by atoms with Crippen LogP contribution in [0.25, 0.3) is 22.3 Å². The molecule has 0 unspecified atom stereocenters. The molecule has 0 aliphatic heterocycles. The van der Waals surface area contributed by atoms with E-state index in [0.29, 0.717) is 0 Å². The number of aryl methyl sites for hydroxylation is 2. The van der Waals surface area contributed by atoms with E-state index in [0.717, 1.165) is 6.42 Å². The summed E-state index contributed by atoms with van der Waals surface area (Å²) in [5.41, 5.74) is 9.88. The van der Waals surface area contributed by atoms with Gasteiger partial charge in [0.15, 0.2) is 0 Å². The largest absolute Gasteiger partial charge is 0.0654 e. The van der Waals surface area contributed by atoms with Gasteiger partial charge in [0, 0.05) is 0 Å². The van der Waals surface area contributed by atoms with Crippen molar-refractivity contribution in [1.82, 2.24) is 0 Å². The molecule has 0 saturated carbocycles. The van der Waals surface area contributed by atoms with Crippen molar-refractivity contribution in [3.05, 3.63) is 83.4 Å². The summed E-state index contributed by atoms with van der Waals surface area (Å²) < 4.78 is 0. The van der Waals surface area contributed by atoms with Gasteiger partial charge in [-0.3, -0.25) is 0 Å². The maximum absolute atomic E-state index is 2.46. The smallest absolute Gasteiger partial charge is 0.00705 e. The zero-order valence-electron chi connectivity index (χ0n) is 15.7. The molecule has 0 radical (unpaired) electrons. The lowest BCUT2D eigenvalue weighted by Crippen LogP contribution is -2.01. The van der Waals surface area contributed by atoms with Crippen LogP contribution in [0.1, 0.15) is 43.4 Å². The predicted octanol–water partition coefficient (Wildman–Crippen LogP) is 7.23. The van der Waals surface area contributed by atoms with Crippen molar-refractivity contribution < 1.29 is 0 Å². The normalized spacial score (nSPS) is 10.8. The van der Waals surface area contributed by atoms with Crippen molar-refractivity contribution in [3.63, 3.8) is 0 Å². The van der Waals surface area contributed by atoms with Crippen molar-refractivity contribution in [3.8, 4) is 22.3 Å². The molecule has 0 N–H and O–H groups in total. The van der Waals surface area contributed by atoms with Gasteiger partial charge in [0.05, 0.1) is 0 Å². The molecule has 0 aliphatic carbocycles. The SMILES string of the molecule is CCCCc1cc(CC)c(-c2ccccc2)c(-c2ccccc2)c1C. The van der Waals surface area contributed by atoms with Gasteiger partial charge in [0.2, 0.25) is 0 Å². The highest BCUT2D eigenvalue weighted by atomic mass is 14.2. The first kappa shape index (κ1) is 17.5. The van der Waals surface area contributed by atoms with Crippen LogP contribution in [0, 0.1) is 6.92 Å². The van der Waals surface area contributed by atoms with Crippen LogP contribution >= 0.6 is 0 Å². The molecular formula is C25H28. The van der Waals surface area contributed by atoms with Crippen molar-refractivity contribution in [2.75, 3.05) is 0 Å². The molecule has 3 rings (SSSR count). The zero-order valence-corrected chi connectivity index (χ0v) is 15.7. The first-order chi connectivity index (χ1) is 12.3.